The van der Waals surface area contributed by atoms with E-state index in [9.17, 15) is 5.11 Å². The maximum Gasteiger partial charge on any atom is 0.231 e. The lowest BCUT2D eigenvalue weighted by atomic mass is 10.00. The van der Waals surface area contributed by atoms with Crippen molar-refractivity contribution < 1.29 is 19.3 Å². The summed E-state index contributed by atoms with van der Waals surface area (Å²) < 4.78 is 16.3. The highest BCUT2D eigenvalue weighted by atomic mass is 16.7. The molecule has 0 radical (unpaired) electrons. The van der Waals surface area contributed by atoms with Crippen LogP contribution in [-0.4, -0.2) is 25.1 Å². The molecule has 0 spiro atoms. The fourth-order valence-corrected chi connectivity index (χ4v) is 3.05. The summed E-state index contributed by atoms with van der Waals surface area (Å²) in [6, 6.07) is 13.8. The molecule has 0 saturated heterocycles. The zero-order chi connectivity index (χ0) is 15.6. The van der Waals surface area contributed by atoms with Crippen LogP contribution in [0.3, 0.4) is 0 Å². The summed E-state index contributed by atoms with van der Waals surface area (Å²) in [5.74, 6) is 2.35. The number of rotatable bonds is 4. The van der Waals surface area contributed by atoms with Gasteiger partial charge in [0.15, 0.2) is 11.5 Å². The minimum absolute atomic E-state index is 0.198. The Bertz CT molecular complexity index is 703. The summed E-state index contributed by atoms with van der Waals surface area (Å²) in [6.45, 7) is 1.40. The van der Waals surface area contributed by atoms with Crippen LogP contribution in [0.25, 0.3) is 0 Å². The highest BCUT2D eigenvalue weighted by Crippen LogP contribution is 2.35. The summed E-state index contributed by atoms with van der Waals surface area (Å²) in [7, 11) is 0. The number of ether oxygens (including phenoxy) is 3. The van der Waals surface area contributed by atoms with E-state index in [1.54, 1.807) is 0 Å². The smallest absolute Gasteiger partial charge is 0.231 e. The fraction of sp³-hybridized carbons (Fsp3) is 0.333. The van der Waals surface area contributed by atoms with Gasteiger partial charge in [-0.2, -0.15) is 0 Å². The number of aliphatic hydroxyl groups excluding tert-OH is 1. The summed E-state index contributed by atoms with van der Waals surface area (Å²) in [6.07, 6.45) is 0.296. The average molecular weight is 313 g/mol. The molecule has 0 unspecified atom stereocenters. The van der Waals surface area contributed by atoms with Crippen molar-refractivity contribution in [2.24, 2.45) is 0 Å². The third kappa shape index (κ3) is 2.85. The Hall–Kier alpha value is -2.24. The standard InChI is InChI=1S/C18H19NO4/c20-15(12-5-6-17-18(9-12)23-11-22-17)10-19-14-7-8-21-16-4-2-1-3-13(14)16/h1-6,9,14-15,19-20H,7-8,10-11H2/t14-,15-/m1/s1. The van der Waals surface area contributed by atoms with Crippen LogP contribution in [0.1, 0.15) is 29.7 Å². The maximum absolute atomic E-state index is 10.4. The number of hydrogen-bond acceptors (Lipinski definition) is 5. The Kier molecular flexibility index (Phi) is 3.81. The van der Waals surface area contributed by atoms with E-state index in [0.717, 1.165) is 29.0 Å². The summed E-state index contributed by atoms with van der Waals surface area (Å²) in [5, 5.41) is 13.9. The molecule has 2 heterocycles. The molecular formula is C18H19NO4. The Labute approximate surface area is 134 Å². The largest absolute Gasteiger partial charge is 0.493 e. The van der Waals surface area contributed by atoms with Gasteiger partial charge in [-0.15, -0.1) is 0 Å². The minimum atomic E-state index is -0.598. The highest BCUT2D eigenvalue weighted by molar-refractivity contribution is 5.45. The predicted molar refractivity (Wildman–Crippen MR) is 84.8 cm³/mol. The molecule has 5 heteroatoms. The van der Waals surface area contributed by atoms with E-state index in [1.165, 1.54) is 0 Å². The van der Waals surface area contributed by atoms with Crippen LogP contribution in [0, 0.1) is 0 Å². The first-order valence-electron chi connectivity index (χ1n) is 7.84. The molecule has 5 nitrogen and oxygen atoms in total. The minimum Gasteiger partial charge on any atom is -0.493 e. The molecule has 2 aromatic carbocycles. The lowest BCUT2D eigenvalue weighted by Gasteiger charge is -2.27. The normalized spacial score (nSPS) is 19.8. The molecule has 23 heavy (non-hydrogen) atoms. The number of fused-ring (bicyclic) bond motifs is 2. The molecule has 0 aliphatic carbocycles. The number of aliphatic hydroxyl groups is 1. The van der Waals surface area contributed by atoms with Crippen LogP contribution >= 0.6 is 0 Å². The molecule has 2 aliphatic rings. The molecule has 0 bridgehead atoms. The van der Waals surface area contributed by atoms with E-state index in [1.807, 2.05) is 36.4 Å². The molecule has 2 atom stereocenters. The van der Waals surface area contributed by atoms with E-state index >= 15 is 0 Å². The second kappa shape index (κ2) is 6.10. The molecule has 120 valence electrons. The van der Waals surface area contributed by atoms with Crippen LogP contribution < -0.4 is 19.5 Å². The van der Waals surface area contributed by atoms with Crippen molar-refractivity contribution in [3.05, 3.63) is 53.6 Å². The summed E-state index contributed by atoms with van der Waals surface area (Å²) in [5.41, 5.74) is 1.97. The van der Waals surface area contributed by atoms with Gasteiger partial charge in [0.05, 0.1) is 12.7 Å². The van der Waals surface area contributed by atoms with E-state index in [2.05, 4.69) is 11.4 Å². The van der Waals surface area contributed by atoms with Crippen molar-refractivity contribution in [3.8, 4) is 17.2 Å². The van der Waals surface area contributed by atoms with E-state index in [-0.39, 0.29) is 12.8 Å². The van der Waals surface area contributed by atoms with Crippen molar-refractivity contribution in [1.29, 1.82) is 0 Å². The Balaban J connectivity index is 1.43. The van der Waals surface area contributed by atoms with E-state index in [4.69, 9.17) is 14.2 Å². The third-order valence-electron chi connectivity index (χ3n) is 4.30. The zero-order valence-electron chi connectivity index (χ0n) is 12.7. The fourth-order valence-electron chi connectivity index (χ4n) is 3.05. The monoisotopic (exact) mass is 313 g/mol. The topological polar surface area (TPSA) is 60.0 Å². The summed E-state index contributed by atoms with van der Waals surface area (Å²) in [4.78, 5) is 0. The number of nitrogens with one attached hydrogen (secondary N) is 1. The van der Waals surface area contributed by atoms with Gasteiger partial charge >= 0.3 is 0 Å². The van der Waals surface area contributed by atoms with Crippen molar-refractivity contribution >= 4 is 0 Å². The molecule has 0 saturated carbocycles. The first-order valence-corrected chi connectivity index (χ1v) is 7.84. The molecule has 2 N–H and O–H groups in total. The Morgan fingerprint density at radius 1 is 1.04 bits per heavy atom. The second-order valence-electron chi connectivity index (χ2n) is 5.76. The number of para-hydroxylation sites is 1. The molecule has 2 aliphatic heterocycles. The zero-order valence-corrected chi connectivity index (χ0v) is 12.7. The number of benzene rings is 2. The molecule has 2 aromatic rings. The van der Waals surface area contributed by atoms with Gasteiger partial charge in [-0.25, -0.2) is 0 Å². The van der Waals surface area contributed by atoms with E-state index < -0.39 is 6.10 Å². The maximum atomic E-state index is 10.4. The highest BCUT2D eigenvalue weighted by Gasteiger charge is 2.22. The molecule has 0 fully saturated rings. The van der Waals surface area contributed by atoms with Gasteiger partial charge in [0.2, 0.25) is 6.79 Å². The van der Waals surface area contributed by atoms with Crippen LogP contribution in [0.4, 0.5) is 0 Å². The van der Waals surface area contributed by atoms with Gasteiger partial charge in [0.25, 0.3) is 0 Å². The second-order valence-corrected chi connectivity index (χ2v) is 5.76. The number of hydrogen-bond donors (Lipinski definition) is 2. The molecule has 0 aromatic heterocycles. The van der Waals surface area contributed by atoms with Crippen LogP contribution in [0.5, 0.6) is 17.2 Å². The first-order chi connectivity index (χ1) is 11.3. The van der Waals surface area contributed by atoms with E-state index in [0.29, 0.717) is 18.9 Å². The van der Waals surface area contributed by atoms with Gasteiger partial charge in [-0.05, 0) is 23.8 Å². The van der Waals surface area contributed by atoms with Crippen molar-refractivity contribution in [3.63, 3.8) is 0 Å². The lowest BCUT2D eigenvalue weighted by Crippen LogP contribution is -2.30. The molecular weight excluding hydrogens is 294 g/mol. The van der Waals surface area contributed by atoms with Crippen molar-refractivity contribution in [2.75, 3.05) is 19.9 Å². The van der Waals surface area contributed by atoms with Crippen LogP contribution in [0.15, 0.2) is 42.5 Å². The average Bonchev–Trinajstić information content (AvgIpc) is 3.07. The SMILES string of the molecule is O[C@H](CN[C@@H]1CCOc2ccccc21)c1ccc2c(c1)OCO2. The van der Waals surface area contributed by atoms with Crippen molar-refractivity contribution in [1.82, 2.24) is 5.32 Å². The van der Waals surface area contributed by atoms with Gasteiger partial charge in [0.1, 0.15) is 5.75 Å². The summed E-state index contributed by atoms with van der Waals surface area (Å²) >= 11 is 0. The lowest BCUT2D eigenvalue weighted by molar-refractivity contribution is 0.161. The van der Waals surface area contributed by atoms with Gasteiger partial charge in [-0.1, -0.05) is 24.3 Å². The van der Waals surface area contributed by atoms with Gasteiger partial charge in [0, 0.05) is 24.6 Å². The van der Waals surface area contributed by atoms with Gasteiger partial charge in [-0.3, -0.25) is 0 Å². The van der Waals surface area contributed by atoms with Crippen LogP contribution in [0.2, 0.25) is 0 Å². The quantitative estimate of drug-likeness (QED) is 0.908. The Morgan fingerprint density at radius 3 is 2.87 bits per heavy atom. The van der Waals surface area contributed by atoms with Gasteiger partial charge < -0.3 is 24.6 Å². The molecule has 0 amide bonds. The Morgan fingerprint density at radius 2 is 1.91 bits per heavy atom. The third-order valence-corrected chi connectivity index (χ3v) is 4.30. The molecule has 4 rings (SSSR count). The first kappa shape index (κ1) is 14.4. The van der Waals surface area contributed by atoms with Crippen LogP contribution in [-0.2, 0) is 0 Å². The predicted octanol–water partition coefficient (Wildman–Crippen LogP) is 2.56. The van der Waals surface area contributed by atoms with Crippen molar-refractivity contribution in [2.45, 2.75) is 18.6 Å².